The minimum Gasteiger partial charge on any atom is -0.469 e. The average Bonchev–Trinajstić information content (AvgIpc) is 2.54. The first-order valence-electron chi connectivity index (χ1n) is 6.83. The molecule has 8 nitrogen and oxygen atoms in total. The van der Waals surface area contributed by atoms with E-state index in [0.717, 1.165) is 0 Å². The molecule has 0 heterocycles. The van der Waals surface area contributed by atoms with Crippen LogP contribution in [0.1, 0.15) is 32.1 Å². The van der Waals surface area contributed by atoms with Gasteiger partial charge in [0.05, 0.1) is 32.1 Å². The largest absolute Gasteiger partial charge is 0.469 e. The van der Waals surface area contributed by atoms with Crippen LogP contribution >= 0.6 is 0 Å². The van der Waals surface area contributed by atoms with Gasteiger partial charge in [0.2, 0.25) is 0 Å². The molecule has 22 heavy (non-hydrogen) atoms. The third kappa shape index (κ3) is 6.54. The summed E-state index contributed by atoms with van der Waals surface area (Å²) >= 11 is 0. The van der Waals surface area contributed by atoms with E-state index in [1.807, 2.05) is 6.07 Å². The first-order valence-corrected chi connectivity index (χ1v) is 6.83. The van der Waals surface area contributed by atoms with Crippen LogP contribution in [0.4, 0.5) is 0 Å². The SMILES string of the molecule is COC(=O)CCC(CN)(CCC(=O)OC)C(=O)OCCC#N. The Hall–Kier alpha value is -2.14. The Bertz CT molecular complexity index is 410. The van der Waals surface area contributed by atoms with Gasteiger partial charge in [-0.05, 0) is 12.8 Å². The highest BCUT2D eigenvalue weighted by Gasteiger charge is 2.39. The maximum atomic E-state index is 12.3. The standard InChI is InChI=1S/C14H22N2O6/c1-20-11(17)4-6-14(10-16,7-5-12(18)21-2)13(19)22-9-3-8-15/h3-7,9-10,16H2,1-2H3. The summed E-state index contributed by atoms with van der Waals surface area (Å²) < 4.78 is 14.1. The molecule has 0 radical (unpaired) electrons. The number of nitrogens with zero attached hydrogens (tertiary/aromatic N) is 1. The number of methoxy groups -OCH3 is 2. The van der Waals surface area contributed by atoms with Gasteiger partial charge in [-0.25, -0.2) is 0 Å². The highest BCUT2D eigenvalue weighted by molar-refractivity contribution is 5.79. The summed E-state index contributed by atoms with van der Waals surface area (Å²) in [4.78, 5) is 34.9. The molecule has 0 aromatic carbocycles. The second-order valence-electron chi connectivity index (χ2n) is 4.68. The van der Waals surface area contributed by atoms with Gasteiger partial charge in [-0.1, -0.05) is 0 Å². The predicted molar refractivity (Wildman–Crippen MR) is 75.2 cm³/mol. The fourth-order valence-corrected chi connectivity index (χ4v) is 1.85. The van der Waals surface area contributed by atoms with E-state index in [1.54, 1.807) is 0 Å². The van der Waals surface area contributed by atoms with E-state index in [0.29, 0.717) is 0 Å². The summed E-state index contributed by atoms with van der Waals surface area (Å²) in [6.45, 7) is -0.153. The van der Waals surface area contributed by atoms with E-state index in [9.17, 15) is 14.4 Å². The van der Waals surface area contributed by atoms with Crippen molar-refractivity contribution in [1.82, 2.24) is 0 Å². The monoisotopic (exact) mass is 314 g/mol. The summed E-state index contributed by atoms with van der Waals surface area (Å²) in [7, 11) is 2.48. The number of carbonyl (C=O) groups is 3. The zero-order chi connectivity index (χ0) is 17.0. The Balaban J connectivity index is 4.96. The molecule has 0 saturated carbocycles. The van der Waals surface area contributed by atoms with Crippen LogP contribution in [0, 0.1) is 16.7 Å². The number of nitrogens with two attached hydrogens (primary N) is 1. The summed E-state index contributed by atoms with van der Waals surface area (Å²) in [6.07, 6.45) is 0.196. The van der Waals surface area contributed by atoms with Crippen molar-refractivity contribution in [3.63, 3.8) is 0 Å². The van der Waals surface area contributed by atoms with Gasteiger partial charge in [0.25, 0.3) is 0 Å². The van der Waals surface area contributed by atoms with Crippen molar-refractivity contribution < 1.29 is 28.6 Å². The van der Waals surface area contributed by atoms with Crippen molar-refractivity contribution >= 4 is 17.9 Å². The Kier molecular flexibility index (Phi) is 9.54. The van der Waals surface area contributed by atoms with Gasteiger partial charge in [-0.15, -0.1) is 0 Å². The molecule has 0 aliphatic carbocycles. The fourth-order valence-electron chi connectivity index (χ4n) is 1.85. The lowest BCUT2D eigenvalue weighted by molar-refractivity contribution is -0.157. The lowest BCUT2D eigenvalue weighted by Gasteiger charge is -2.29. The summed E-state index contributed by atoms with van der Waals surface area (Å²) in [5.41, 5.74) is 4.52. The van der Waals surface area contributed by atoms with Gasteiger partial charge in [0, 0.05) is 19.4 Å². The number of hydrogen-bond acceptors (Lipinski definition) is 8. The summed E-state index contributed by atoms with van der Waals surface area (Å²) in [5, 5.41) is 8.47. The van der Waals surface area contributed by atoms with Crippen molar-refractivity contribution in [2.24, 2.45) is 11.1 Å². The second kappa shape index (κ2) is 10.6. The van der Waals surface area contributed by atoms with E-state index in [4.69, 9.17) is 15.7 Å². The van der Waals surface area contributed by atoms with E-state index < -0.39 is 23.3 Å². The molecule has 0 atom stereocenters. The number of esters is 3. The van der Waals surface area contributed by atoms with Crippen LogP contribution in [-0.4, -0.2) is 45.3 Å². The smallest absolute Gasteiger partial charge is 0.313 e. The van der Waals surface area contributed by atoms with Gasteiger partial charge in [0.1, 0.15) is 6.61 Å². The molecule has 0 aliphatic rings. The molecule has 0 aromatic heterocycles. The molecule has 8 heteroatoms. The normalized spacial score (nSPS) is 10.5. The van der Waals surface area contributed by atoms with Crippen LogP contribution in [0.5, 0.6) is 0 Å². The number of hydrogen-bond donors (Lipinski definition) is 1. The first kappa shape index (κ1) is 19.9. The topological polar surface area (TPSA) is 129 Å². The lowest BCUT2D eigenvalue weighted by atomic mass is 9.79. The molecule has 0 unspecified atom stereocenters. The second-order valence-corrected chi connectivity index (χ2v) is 4.68. The van der Waals surface area contributed by atoms with Gasteiger partial charge < -0.3 is 19.9 Å². The van der Waals surface area contributed by atoms with Crippen molar-refractivity contribution in [3.8, 4) is 6.07 Å². The third-order valence-corrected chi connectivity index (χ3v) is 3.34. The molecule has 0 aromatic rings. The van der Waals surface area contributed by atoms with Gasteiger partial charge >= 0.3 is 17.9 Å². The summed E-state index contributed by atoms with van der Waals surface area (Å²) in [5.74, 6) is -1.60. The third-order valence-electron chi connectivity index (χ3n) is 3.34. The van der Waals surface area contributed by atoms with Crippen LogP contribution in [0.3, 0.4) is 0 Å². The Morgan fingerprint density at radius 3 is 1.95 bits per heavy atom. The molecule has 124 valence electrons. The fraction of sp³-hybridized carbons (Fsp3) is 0.714. The molecular weight excluding hydrogens is 292 g/mol. The van der Waals surface area contributed by atoms with Crippen LogP contribution in [0.25, 0.3) is 0 Å². The molecule has 0 amide bonds. The minimum absolute atomic E-state index is 0.0256. The number of rotatable bonds is 10. The maximum Gasteiger partial charge on any atom is 0.313 e. The highest BCUT2D eigenvalue weighted by atomic mass is 16.5. The molecule has 0 rings (SSSR count). The Morgan fingerprint density at radius 1 is 1.09 bits per heavy atom. The van der Waals surface area contributed by atoms with E-state index in [2.05, 4.69) is 9.47 Å². The molecule has 0 saturated heterocycles. The van der Waals surface area contributed by atoms with Gasteiger partial charge in [-0.2, -0.15) is 5.26 Å². The van der Waals surface area contributed by atoms with Crippen molar-refractivity contribution in [2.45, 2.75) is 32.1 Å². The Morgan fingerprint density at radius 2 is 1.59 bits per heavy atom. The van der Waals surface area contributed by atoms with Gasteiger partial charge in [0.15, 0.2) is 0 Å². The summed E-state index contributed by atoms with van der Waals surface area (Å²) in [6, 6.07) is 1.85. The van der Waals surface area contributed by atoms with Crippen molar-refractivity contribution in [1.29, 1.82) is 5.26 Å². The van der Waals surface area contributed by atoms with E-state index in [-0.39, 0.29) is 45.3 Å². The van der Waals surface area contributed by atoms with Crippen LogP contribution < -0.4 is 5.73 Å². The number of nitriles is 1. The van der Waals surface area contributed by atoms with Crippen molar-refractivity contribution in [2.75, 3.05) is 27.4 Å². The minimum atomic E-state index is -1.18. The maximum absolute atomic E-state index is 12.3. The van der Waals surface area contributed by atoms with Crippen LogP contribution in [0.15, 0.2) is 0 Å². The molecule has 0 fully saturated rings. The van der Waals surface area contributed by atoms with Crippen LogP contribution in [0.2, 0.25) is 0 Å². The molecule has 0 bridgehead atoms. The molecule has 0 spiro atoms. The van der Waals surface area contributed by atoms with Crippen LogP contribution in [-0.2, 0) is 28.6 Å². The molecule has 2 N–H and O–H groups in total. The highest BCUT2D eigenvalue weighted by Crippen LogP contribution is 2.31. The van der Waals surface area contributed by atoms with E-state index in [1.165, 1.54) is 14.2 Å². The van der Waals surface area contributed by atoms with E-state index >= 15 is 0 Å². The quantitative estimate of drug-likeness (QED) is 0.346. The predicted octanol–water partition coefficient (Wildman–Crippen LogP) is 0.295. The Labute approximate surface area is 129 Å². The lowest BCUT2D eigenvalue weighted by Crippen LogP contribution is -2.41. The molecule has 0 aliphatic heterocycles. The number of ether oxygens (including phenoxy) is 3. The van der Waals surface area contributed by atoms with Crippen molar-refractivity contribution in [3.05, 3.63) is 0 Å². The average molecular weight is 314 g/mol. The first-order chi connectivity index (χ1) is 10.5. The molecular formula is C14H22N2O6. The zero-order valence-electron chi connectivity index (χ0n) is 12.9. The zero-order valence-corrected chi connectivity index (χ0v) is 12.9. The number of carbonyl (C=O) groups excluding carboxylic acids is 3. The van der Waals surface area contributed by atoms with Gasteiger partial charge in [-0.3, -0.25) is 14.4 Å².